The smallest absolute Gasteiger partial charge is 0.342 e. The highest BCUT2D eigenvalue weighted by Gasteiger charge is 2.31. The summed E-state index contributed by atoms with van der Waals surface area (Å²) in [6.07, 6.45) is 0.389. The third-order valence-electron chi connectivity index (χ3n) is 4.69. The van der Waals surface area contributed by atoms with Crippen molar-refractivity contribution in [2.45, 2.75) is 38.8 Å². The van der Waals surface area contributed by atoms with E-state index in [0.29, 0.717) is 12.0 Å². The zero-order chi connectivity index (χ0) is 21.0. The Labute approximate surface area is 168 Å². The number of aromatic hydroxyl groups is 1. The van der Waals surface area contributed by atoms with Crippen molar-refractivity contribution >= 4 is 17.8 Å². The lowest BCUT2D eigenvalue weighted by Gasteiger charge is -2.23. The first-order valence-electron chi connectivity index (χ1n) is 9.48. The summed E-state index contributed by atoms with van der Waals surface area (Å²) in [5.41, 5.74) is 1.36. The van der Waals surface area contributed by atoms with Gasteiger partial charge in [-0.2, -0.15) is 0 Å². The fourth-order valence-electron chi connectivity index (χ4n) is 3.33. The normalized spacial score (nSPS) is 16.3. The number of cyclic esters (lactones) is 1. The summed E-state index contributed by atoms with van der Waals surface area (Å²) in [6.45, 7) is 3.61. The Morgan fingerprint density at radius 3 is 2.66 bits per heavy atom. The summed E-state index contributed by atoms with van der Waals surface area (Å²) >= 11 is 0. The molecule has 1 aliphatic heterocycles. The van der Waals surface area contributed by atoms with Gasteiger partial charge in [-0.15, -0.1) is 0 Å². The van der Waals surface area contributed by atoms with Gasteiger partial charge in [-0.3, -0.25) is 4.79 Å². The van der Waals surface area contributed by atoms with E-state index in [0.717, 1.165) is 5.56 Å². The number of phenolic OH excluding ortho intramolecular Hbond substituents is 1. The lowest BCUT2D eigenvalue weighted by Crippen LogP contribution is -2.43. The number of nitrogens with one attached hydrogen (secondary N) is 1. The maximum absolute atomic E-state index is 12.8. The second-order valence-electron chi connectivity index (χ2n) is 6.88. The largest absolute Gasteiger partial charge is 0.506 e. The number of hydrogen-bond acceptors (Lipinski definition) is 6. The predicted molar refractivity (Wildman–Crippen MR) is 105 cm³/mol. The van der Waals surface area contributed by atoms with Crippen LogP contribution in [0.4, 0.5) is 0 Å². The Morgan fingerprint density at radius 1 is 1.24 bits per heavy atom. The Morgan fingerprint density at radius 2 is 1.97 bits per heavy atom. The summed E-state index contributed by atoms with van der Waals surface area (Å²) in [6, 6.07) is 11.3. The number of esters is 2. The minimum absolute atomic E-state index is 0.00788. The summed E-state index contributed by atoms with van der Waals surface area (Å²) in [5.74, 6) is -2.36. The molecule has 152 valence electrons. The fraction of sp³-hybridized carbons (Fsp3) is 0.318. The molecule has 2 N–H and O–H groups in total. The molecule has 29 heavy (non-hydrogen) atoms. The van der Waals surface area contributed by atoms with Crippen molar-refractivity contribution in [1.82, 2.24) is 5.32 Å². The van der Waals surface area contributed by atoms with Gasteiger partial charge >= 0.3 is 11.9 Å². The van der Waals surface area contributed by atoms with Crippen molar-refractivity contribution in [3.05, 3.63) is 64.7 Å². The van der Waals surface area contributed by atoms with Crippen LogP contribution in [-0.4, -0.2) is 41.7 Å². The highest BCUT2D eigenvalue weighted by molar-refractivity contribution is 6.04. The van der Waals surface area contributed by atoms with E-state index in [1.807, 2.05) is 30.3 Å². The van der Waals surface area contributed by atoms with E-state index < -0.39 is 29.6 Å². The van der Waals surface area contributed by atoms with Crippen LogP contribution >= 0.6 is 0 Å². The molecule has 0 saturated heterocycles. The number of fused-ring (bicyclic) bond motifs is 1. The average molecular weight is 397 g/mol. The molecule has 1 amide bonds. The summed E-state index contributed by atoms with van der Waals surface area (Å²) in [5, 5.41) is 13.1. The van der Waals surface area contributed by atoms with Gasteiger partial charge in [-0.05, 0) is 31.0 Å². The van der Waals surface area contributed by atoms with Gasteiger partial charge in [-0.1, -0.05) is 36.4 Å². The Kier molecular flexibility index (Phi) is 6.16. The van der Waals surface area contributed by atoms with Crippen LogP contribution in [0.5, 0.6) is 5.75 Å². The number of carbonyl (C=O) groups excluding carboxylic acids is 3. The molecule has 3 rings (SSSR count). The van der Waals surface area contributed by atoms with Crippen molar-refractivity contribution in [3.8, 4) is 5.75 Å². The SMILES string of the molecule is CCOC(=O)C(Cc1ccccc1)NC(=O)c1ccc2c(c1O)C(=O)OC(C)C2. The number of hydrogen-bond donors (Lipinski definition) is 2. The van der Waals surface area contributed by atoms with E-state index >= 15 is 0 Å². The monoisotopic (exact) mass is 397 g/mol. The first-order valence-corrected chi connectivity index (χ1v) is 9.48. The number of phenols is 1. The third-order valence-corrected chi connectivity index (χ3v) is 4.69. The van der Waals surface area contributed by atoms with Crippen molar-refractivity contribution < 1.29 is 29.0 Å². The minimum Gasteiger partial charge on any atom is -0.506 e. The van der Waals surface area contributed by atoms with E-state index in [-0.39, 0.29) is 30.3 Å². The van der Waals surface area contributed by atoms with Crippen LogP contribution in [0.3, 0.4) is 0 Å². The molecule has 2 unspecified atom stereocenters. The molecule has 0 bridgehead atoms. The molecule has 2 aromatic carbocycles. The number of amides is 1. The van der Waals surface area contributed by atoms with Crippen LogP contribution in [-0.2, 0) is 27.1 Å². The molecule has 0 aromatic heterocycles. The molecular formula is C22H23NO6. The molecule has 1 heterocycles. The van der Waals surface area contributed by atoms with Crippen LogP contribution in [0.1, 0.15) is 45.7 Å². The lowest BCUT2D eigenvalue weighted by atomic mass is 9.95. The topological polar surface area (TPSA) is 102 Å². The Hall–Kier alpha value is -3.35. The predicted octanol–water partition coefficient (Wildman–Crippen LogP) is 2.40. The van der Waals surface area contributed by atoms with Crippen molar-refractivity contribution in [2.24, 2.45) is 0 Å². The molecular weight excluding hydrogens is 374 g/mol. The Bertz CT molecular complexity index is 924. The van der Waals surface area contributed by atoms with E-state index in [2.05, 4.69) is 5.32 Å². The quantitative estimate of drug-likeness (QED) is 0.726. The highest BCUT2D eigenvalue weighted by Crippen LogP contribution is 2.31. The van der Waals surface area contributed by atoms with Crippen molar-refractivity contribution in [2.75, 3.05) is 6.61 Å². The number of ether oxygens (including phenoxy) is 2. The second-order valence-corrected chi connectivity index (χ2v) is 6.88. The van der Waals surface area contributed by atoms with Crippen molar-refractivity contribution in [1.29, 1.82) is 0 Å². The first kappa shape index (κ1) is 20.4. The van der Waals surface area contributed by atoms with Crippen LogP contribution in [0.2, 0.25) is 0 Å². The van der Waals surface area contributed by atoms with Crippen LogP contribution in [0, 0.1) is 0 Å². The molecule has 7 heteroatoms. The van der Waals surface area contributed by atoms with Crippen molar-refractivity contribution in [3.63, 3.8) is 0 Å². The standard InChI is InChI=1S/C22H23NO6/c1-3-28-21(26)17(12-14-7-5-4-6-8-14)23-20(25)16-10-9-15-11-13(2)29-22(27)18(15)19(16)24/h4-10,13,17,24H,3,11-12H2,1-2H3,(H,23,25). The molecule has 1 aliphatic rings. The van der Waals surface area contributed by atoms with Gasteiger partial charge in [0, 0.05) is 12.8 Å². The molecule has 2 aromatic rings. The first-order chi connectivity index (χ1) is 13.9. The molecule has 7 nitrogen and oxygen atoms in total. The maximum atomic E-state index is 12.8. The fourth-order valence-corrected chi connectivity index (χ4v) is 3.33. The van der Waals surface area contributed by atoms with Gasteiger partial charge in [0.15, 0.2) is 0 Å². The second kappa shape index (κ2) is 8.77. The van der Waals surface area contributed by atoms with Gasteiger partial charge in [0.2, 0.25) is 0 Å². The lowest BCUT2D eigenvalue weighted by molar-refractivity contribution is -0.145. The van der Waals surface area contributed by atoms with Gasteiger partial charge in [0.1, 0.15) is 23.5 Å². The van der Waals surface area contributed by atoms with Crippen LogP contribution in [0.15, 0.2) is 42.5 Å². The zero-order valence-electron chi connectivity index (χ0n) is 16.3. The van der Waals surface area contributed by atoms with E-state index in [1.54, 1.807) is 19.9 Å². The minimum atomic E-state index is -0.938. The number of benzene rings is 2. The van der Waals surface area contributed by atoms with Gasteiger partial charge in [-0.25, -0.2) is 9.59 Å². The van der Waals surface area contributed by atoms with Gasteiger partial charge < -0.3 is 19.9 Å². The summed E-state index contributed by atoms with van der Waals surface area (Å²) in [4.78, 5) is 37.3. The molecule has 0 spiro atoms. The van der Waals surface area contributed by atoms with Crippen LogP contribution in [0.25, 0.3) is 0 Å². The average Bonchev–Trinajstić information content (AvgIpc) is 2.68. The molecule has 0 saturated carbocycles. The van der Waals surface area contributed by atoms with E-state index in [4.69, 9.17) is 9.47 Å². The summed E-state index contributed by atoms with van der Waals surface area (Å²) < 4.78 is 10.2. The summed E-state index contributed by atoms with van der Waals surface area (Å²) in [7, 11) is 0. The van der Waals surface area contributed by atoms with E-state index in [9.17, 15) is 19.5 Å². The molecule has 2 atom stereocenters. The number of carbonyl (C=O) groups is 3. The van der Waals surface area contributed by atoms with E-state index in [1.165, 1.54) is 6.07 Å². The number of rotatable bonds is 6. The van der Waals surface area contributed by atoms with Gasteiger partial charge in [0.25, 0.3) is 5.91 Å². The molecule has 0 radical (unpaired) electrons. The maximum Gasteiger partial charge on any atom is 0.342 e. The Balaban J connectivity index is 1.85. The highest BCUT2D eigenvalue weighted by atomic mass is 16.5. The zero-order valence-corrected chi connectivity index (χ0v) is 16.3. The molecule has 0 fully saturated rings. The molecule has 0 aliphatic carbocycles. The van der Waals surface area contributed by atoms with Crippen LogP contribution < -0.4 is 5.32 Å². The van der Waals surface area contributed by atoms with Gasteiger partial charge in [0.05, 0.1) is 12.2 Å². The third kappa shape index (κ3) is 4.56.